The number of alkyl halides is 9. The minimum absolute atomic E-state index is 0.445. The minimum atomic E-state index is -6.85. The Hall–Kier alpha value is -1.49. The van der Waals surface area contributed by atoms with Gasteiger partial charge in [0.05, 0.1) is 6.54 Å². The summed E-state index contributed by atoms with van der Waals surface area (Å²) in [6, 6.07) is 0. The summed E-state index contributed by atoms with van der Waals surface area (Å²) in [6.07, 6.45) is 2.05. The topological polar surface area (TPSA) is 21.7 Å². The lowest BCUT2D eigenvalue weighted by atomic mass is 10.0. The van der Waals surface area contributed by atoms with Crippen molar-refractivity contribution in [3.63, 3.8) is 0 Å². The first kappa shape index (κ1) is 26.5. The van der Waals surface area contributed by atoms with Crippen LogP contribution in [0, 0.1) is 0 Å². The van der Waals surface area contributed by atoms with Crippen molar-refractivity contribution in [2.45, 2.75) is 102 Å². The van der Waals surface area contributed by atoms with E-state index in [2.05, 4.69) is 12.0 Å². The SMILES string of the molecule is CCCCCCCCCCn1c[n+](CCC(F)(F)C(F)(F)C(F)(F)C(F)(F)F)cn1. The quantitative estimate of drug-likeness (QED) is 0.186. The predicted octanol–water partition coefficient (Wildman–Crippen LogP) is 6.17. The predicted molar refractivity (Wildman–Crippen MR) is 90.5 cm³/mol. The van der Waals surface area contributed by atoms with Gasteiger partial charge < -0.3 is 0 Å². The molecule has 0 spiro atoms. The zero-order valence-electron chi connectivity index (χ0n) is 16.7. The van der Waals surface area contributed by atoms with Crippen molar-refractivity contribution in [1.29, 1.82) is 0 Å². The average Bonchev–Trinajstić information content (AvgIpc) is 3.09. The van der Waals surface area contributed by atoms with Gasteiger partial charge in [0.15, 0.2) is 0 Å². The van der Waals surface area contributed by atoms with E-state index < -0.39 is 36.9 Å². The Morgan fingerprint density at radius 1 is 0.767 bits per heavy atom. The van der Waals surface area contributed by atoms with Gasteiger partial charge in [-0.25, -0.2) is 4.57 Å². The maximum absolute atomic E-state index is 13.5. The molecule has 1 aromatic heterocycles. The molecule has 0 fully saturated rings. The van der Waals surface area contributed by atoms with E-state index in [-0.39, 0.29) is 0 Å². The number of unbranched alkanes of at least 4 members (excludes halogenated alkanes) is 7. The first-order chi connectivity index (χ1) is 13.8. The number of aromatic nitrogens is 3. The lowest BCUT2D eigenvalue weighted by Crippen LogP contribution is -2.61. The summed E-state index contributed by atoms with van der Waals surface area (Å²) in [4.78, 5) is 0. The Balaban J connectivity index is 2.49. The number of hydrogen-bond acceptors (Lipinski definition) is 1. The monoisotopic (exact) mass is 456 g/mol. The van der Waals surface area contributed by atoms with Crippen LogP contribution in [-0.4, -0.2) is 33.7 Å². The van der Waals surface area contributed by atoms with Crippen LogP contribution in [0.25, 0.3) is 0 Å². The Bertz CT molecular complexity index is 627. The summed E-state index contributed by atoms with van der Waals surface area (Å²) in [7, 11) is 0. The molecule has 0 atom stereocenters. The normalized spacial score (nSPS) is 13.8. The number of halogens is 9. The van der Waals surface area contributed by atoms with Crippen LogP contribution >= 0.6 is 0 Å². The zero-order chi connectivity index (χ0) is 23.1. The Morgan fingerprint density at radius 2 is 1.30 bits per heavy atom. The lowest BCUT2D eigenvalue weighted by molar-refractivity contribution is -0.701. The second kappa shape index (κ2) is 10.7. The second-order valence-electron chi connectivity index (χ2n) is 7.32. The molecule has 0 unspecified atom stereocenters. The molecule has 1 heterocycles. The molecular weight excluding hydrogens is 429 g/mol. The van der Waals surface area contributed by atoms with Gasteiger partial charge in [0.2, 0.25) is 6.33 Å². The molecule has 0 aliphatic heterocycles. The molecule has 30 heavy (non-hydrogen) atoms. The van der Waals surface area contributed by atoms with Crippen LogP contribution in [0.15, 0.2) is 12.7 Å². The van der Waals surface area contributed by atoms with E-state index in [1.54, 1.807) is 0 Å². The molecule has 0 radical (unpaired) electrons. The zero-order valence-corrected chi connectivity index (χ0v) is 16.7. The van der Waals surface area contributed by atoms with Crippen molar-refractivity contribution in [2.75, 3.05) is 0 Å². The Morgan fingerprint density at radius 3 is 1.83 bits per heavy atom. The maximum atomic E-state index is 13.5. The fourth-order valence-corrected chi connectivity index (χ4v) is 2.84. The molecule has 3 nitrogen and oxygen atoms in total. The Labute approximate surface area is 169 Å². The second-order valence-corrected chi connectivity index (χ2v) is 7.32. The number of rotatable bonds is 14. The van der Waals surface area contributed by atoms with Crippen LogP contribution in [0.4, 0.5) is 39.5 Å². The average molecular weight is 456 g/mol. The van der Waals surface area contributed by atoms with Crippen molar-refractivity contribution in [1.82, 2.24) is 9.78 Å². The van der Waals surface area contributed by atoms with E-state index in [0.717, 1.165) is 49.4 Å². The molecule has 1 aromatic rings. The van der Waals surface area contributed by atoms with Crippen molar-refractivity contribution in [2.24, 2.45) is 0 Å². The molecular formula is C18H27F9N3+. The lowest BCUT2D eigenvalue weighted by Gasteiger charge is -2.33. The summed E-state index contributed by atoms with van der Waals surface area (Å²) >= 11 is 0. The third kappa shape index (κ3) is 6.76. The van der Waals surface area contributed by atoms with E-state index in [0.29, 0.717) is 6.54 Å². The van der Waals surface area contributed by atoms with E-state index in [1.165, 1.54) is 23.9 Å². The molecule has 0 saturated heterocycles. The fraction of sp³-hybridized carbons (Fsp3) is 0.889. The fourth-order valence-electron chi connectivity index (χ4n) is 2.84. The highest BCUT2D eigenvalue weighted by Gasteiger charge is 2.81. The van der Waals surface area contributed by atoms with Gasteiger partial charge in [0, 0.05) is 11.5 Å². The van der Waals surface area contributed by atoms with Crippen LogP contribution in [0.5, 0.6) is 0 Å². The number of nitrogens with zero attached hydrogens (tertiary/aromatic N) is 3. The molecule has 0 aliphatic rings. The van der Waals surface area contributed by atoms with Gasteiger partial charge in [-0.2, -0.15) is 39.5 Å². The van der Waals surface area contributed by atoms with Gasteiger partial charge in [-0.1, -0.05) is 51.9 Å². The van der Waals surface area contributed by atoms with Gasteiger partial charge in [-0.15, -0.1) is 4.68 Å². The van der Waals surface area contributed by atoms with Crippen LogP contribution in [-0.2, 0) is 13.1 Å². The molecule has 0 aromatic carbocycles. The smallest absolute Gasteiger partial charge is 0.237 e. The van der Waals surface area contributed by atoms with Gasteiger partial charge in [0.1, 0.15) is 6.54 Å². The standard InChI is InChI=1S/C18H27F9N3/c1-2-3-4-5-6-7-8-9-11-30-14-29(13-28-30)12-10-15(19,20)16(21,22)17(23,24)18(25,26)27/h13-14H,2-12H2,1H3/q+1. The first-order valence-corrected chi connectivity index (χ1v) is 9.88. The highest BCUT2D eigenvalue weighted by Crippen LogP contribution is 2.53. The highest BCUT2D eigenvalue weighted by atomic mass is 19.4. The van der Waals surface area contributed by atoms with Crippen LogP contribution in [0.1, 0.15) is 64.7 Å². The summed E-state index contributed by atoms with van der Waals surface area (Å²) in [5.41, 5.74) is 0. The summed E-state index contributed by atoms with van der Waals surface area (Å²) in [6.45, 7) is 1.68. The molecule has 0 saturated carbocycles. The van der Waals surface area contributed by atoms with Crippen LogP contribution in [0.3, 0.4) is 0 Å². The van der Waals surface area contributed by atoms with Crippen molar-refractivity contribution in [3.8, 4) is 0 Å². The minimum Gasteiger partial charge on any atom is -0.237 e. The van der Waals surface area contributed by atoms with Gasteiger partial charge in [-0.3, -0.25) is 0 Å². The molecule has 0 N–H and O–H groups in total. The van der Waals surface area contributed by atoms with Gasteiger partial charge >= 0.3 is 23.9 Å². The van der Waals surface area contributed by atoms with E-state index in [4.69, 9.17) is 0 Å². The first-order valence-electron chi connectivity index (χ1n) is 9.88. The van der Waals surface area contributed by atoms with Gasteiger partial charge in [-0.05, 0) is 6.42 Å². The number of hydrogen-bond donors (Lipinski definition) is 0. The Kier molecular flexibility index (Phi) is 9.47. The summed E-state index contributed by atoms with van der Waals surface area (Å²) in [5.74, 6) is -19.0. The van der Waals surface area contributed by atoms with Crippen LogP contribution < -0.4 is 4.57 Å². The molecule has 12 heteroatoms. The largest absolute Gasteiger partial charge is 0.460 e. The van der Waals surface area contributed by atoms with E-state index >= 15 is 0 Å². The van der Waals surface area contributed by atoms with Gasteiger partial charge in [0.25, 0.3) is 6.33 Å². The van der Waals surface area contributed by atoms with Crippen molar-refractivity contribution in [3.05, 3.63) is 12.7 Å². The number of aryl methyl sites for hydroxylation is 2. The summed E-state index contributed by atoms with van der Waals surface area (Å²) in [5, 5.41) is 3.84. The molecule has 176 valence electrons. The van der Waals surface area contributed by atoms with E-state index in [1.807, 2.05) is 0 Å². The molecule has 1 rings (SSSR count). The third-order valence-electron chi connectivity index (χ3n) is 4.76. The highest BCUT2D eigenvalue weighted by molar-refractivity contribution is 4.99. The summed E-state index contributed by atoms with van der Waals surface area (Å²) < 4.78 is 118. The molecule has 0 aliphatic carbocycles. The van der Waals surface area contributed by atoms with E-state index in [9.17, 15) is 39.5 Å². The third-order valence-corrected chi connectivity index (χ3v) is 4.76. The van der Waals surface area contributed by atoms with Crippen molar-refractivity contribution < 1.29 is 44.1 Å². The molecule has 0 bridgehead atoms. The molecule has 0 amide bonds. The van der Waals surface area contributed by atoms with Crippen LogP contribution in [0.2, 0.25) is 0 Å². The van der Waals surface area contributed by atoms with Crippen molar-refractivity contribution >= 4 is 0 Å². The maximum Gasteiger partial charge on any atom is 0.460 e.